The van der Waals surface area contributed by atoms with Gasteiger partial charge in [-0.3, -0.25) is 4.79 Å². The van der Waals surface area contributed by atoms with E-state index < -0.39 is 5.97 Å². The van der Waals surface area contributed by atoms with Crippen LogP contribution in [0.25, 0.3) is 0 Å². The molecule has 4 fully saturated rings. The summed E-state index contributed by atoms with van der Waals surface area (Å²) in [5.74, 6) is 1.56. The zero-order chi connectivity index (χ0) is 15.8. The molecule has 2 heteroatoms. The van der Waals surface area contributed by atoms with Crippen LogP contribution in [0.1, 0.15) is 78.6 Å². The van der Waals surface area contributed by atoms with Crippen molar-refractivity contribution in [3.63, 3.8) is 0 Å². The Morgan fingerprint density at radius 2 is 1.73 bits per heavy atom. The van der Waals surface area contributed by atoms with Crippen molar-refractivity contribution in [2.45, 2.75) is 78.6 Å². The fourth-order valence-corrected chi connectivity index (χ4v) is 8.06. The molecule has 0 aliphatic heterocycles. The summed E-state index contributed by atoms with van der Waals surface area (Å²) in [5.41, 5.74) is 1.33. The summed E-state index contributed by atoms with van der Waals surface area (Å²) in [5, 5.41) is 9.63. The van der Waals surface area contributed by atoms with Gasteiger partial charge in [-0.15, -0.1) is 0 Å². The van der Waals surface area contributed by atoms with Crippen LogP contribution in [0.15, 0.2) is 0 Å². The van der Waals surface area contributed by atoms with Crippen LogP contribution >= 0.6 is 0 Å². The van der Waals surface area contributed by atoms with Crippen LogP contribution in [-0.4, -0.2) is 11.1 Å². The van der Waals surface area contributed by atoms with Gasteiger partial charge in [0.1, 0.15) is 0 Å². The highest BCUT2D eigenvalue weighted by molar-refractivity contribution is 5.71. The second-order valence-electron chi connectivity index (χ2n) is 10.0. The van der Waals surface area contributed by atoms with E-state index in [1.807, 2.05) is 0 Å². The lowest BCUT2D eigenvalue weighted by atomic mass is 9.41. The van der Waals surface area contributed by atoms with Gasteiger partial charge in [0.2, 0.25) is 0 Å². The van der Waals surface area contributed by atoms with Gasteiger partial charge >= 0.3 is 5.97 Å². The first-order valence-electron chi connectivity index (χ1n) is 9.51. The molecule has 1 N–H and O–H groups in total. The van der Waals surface area contributed by atoms with Crippen molar-refractivity contribution in [2.24, 2.45) is 39.9 Å². The number of hydrogen-bond acceptors (Lipinski definition) is 1. The molecule has 22 heavy (non-hydrogen) atoms. The Balaban J connectivity index is 1.70. The van der Waals surface area contributed by atoms with Gasteiger partial charge in [0, 0.05) is 0 Å². The first kappa shape index (κ1) is 15.0. The predicted molar refractivity (Wildman–Crippen MR) is 87.5 cm³/mol. The monoisotopic (exact) mass is 304 g/mol. The highest BCUT2D eigenvalue weighted by atomic mass is 16.4. The Kier molecular flexibility index (Phi) is 3.08. The number of rotatable bonds is 1. The van der Waals surface area contributed by atoms with E-state index in [1.54, 1.807) is 0 Å². The van der Waals surface area contributed by atoms with E-state index in [0.29, 0.717) is 22.2 Å². The standard InChI is InChI=1S/C20H32O2/c1-18(2)8-4-9-19(3)15(18)7-10-20-11-13(5-6-16(19)20)14(12-20)17(21)22/h13-16H,4-12H2,1-3H3,(H,21,22). The molecule has 4 rings (SSSR count). The molecule has 2 bridgehead atoms. The Labute approximate surface area is 135 Å². The lowest BCUT2D eigenvalue weighted by molar-refractivity contribution is -0.146. The van der Waals surface area contributed by atoms with Crippen molar-refractivity contribution < 1.29 is 9.90 Å². The van der Waals surface area contributed by atoms with Gasteiger partial charge < -0.3 is 5.11 Å². The normalized spacial score (nSPS) is 52.7. The van der Waals surface area contributed by atoms with Crippen LogP contribution in [-0.2, 0) is 4.79 Å². The Morgan fingerprint density at radius 3 is 2.45 bits per heavy atom. The highest BCUT2D eigenvalue weighted by Gasteiger charge is 2.64. The van der Waals surface area contributed by atoms with Crippen molar-refractivity contribution in [3.05, 3.63) is 0 Å². The molecule has 124 valence electrons. The number of carboxylic acids is 1. The number of fused-ring (bicyclic) bond motifs is 3. The van der Waals surface area contributed by atoms with Gasteiger partial charge in [0.05, 0.1) is 5.92 Å². The van der Waals surface area contributed by atoms with Crippen molar-refractivity contribution in [1.29, 1.82) is 0 Å². The van der Waals surface area contributed by atoms with Crippen molar-refractivity contribution in [3.8, 4) is 0 Å². The molecule has 0 heterocycles. The van der Waals surface area contributed by atoms with Gasteiger partial charge in [-0.1, -0.05) is 27.2 Å². The third kappa shape index (κ3) is 1.82. The van der Waals surface area contributed by atoms with Gasteiger partial charge in [0.15, 0.2) is 0 Å². The largest absolute Gasteiger partial charge is 0.481 e. The predicted octanol–water partition coefficient (Wildman–Crippen LogP) is 5.12. The lowest BCUT2D eigenvalue weighted by Gasteiger charge is -2.64. The maximum atomic E-state index is 11.7. The third-order valence-electron chi connectivity index (χ3n) is 8.75. The Morgan fingerprint density at radius 1 is 0.955 bits per heavy atom. The first-order chi connectivity index (χ1) is 10.3. The minimum atomic E-state index is -0.515. The first-order valence-corrected chi connectivity index (χ1v) is 9.51. The molecule has 4 saturated carbocycles. The number of carbonyl (C=O) groups is 1. The smallest absolute Gasteiger partial charge is 0.306 e. The summed E-state index contributed by atoms with van der Waals surface area (Å²) in [6.45, 7) is 7.57. The molecule has 6 atom stereocenters. The van der Waals surface area contributed by atoms with E-state index in [2.05, 4.69) is 20.8 Å². The topological polar surface area (TPSA) is 37.3 Å². The molecule has 4 aliphatic carbocycles. The van der Waals surface area contributed by atoms with E-state index in [0.717, 1.165) is 18.3 Å². The van der Waals surface area contributed by atoms with Gasteiger partial charge in [-0.05, 0) is 85.4 Å². The Hall–Kier alpha value is -0.530. The molecule has 0 aromatic carbocycles. The van der Waals surface area contributed by atoms with E-state index in [4.69, 9.17) is 0 Å². The van der Waals surface area contributed by atoms with Crippen LogP contribution in [0.4, 0.5) is 0 Å². The fourth-order valence-electron chi connectivity index (χ4n) is 8.06. The second kappa shape index (κ2) is 4.51. The average molecular weight is 304 g/mol. The summed E-state index contributed by atoms with van der Waals surface area (Å²) in [6, 6.07) is 0. The molecule has 6 unspecified atom stereocenters. The molecule has 4 aliphatic rings. The van der Waals surface area contributed by atoms with E-state index in [1.165, 1.54) is 51.4 Å². The van der Waals surface area contributed by atoms with Crippen LogP contribution in [0.3, 0.4) is 0 Å². The maximum Gasteiger partial charge on any atom is 0.306 e. The number of aliphatic carboxylic acids is 1. The van der Waals surface area contributed by atoms with Gasteiger partial charge in [-0.2, -0.15) is 0 Å². The summed E-state index contributed by atoms with van der Waals surface area (Å²) in [4.78, 5) is 11.7. The minimum absolute atomic E-state index is 0.0400. The molecule has 0 radical (unpaired) electrons. The molecular weight excluding hydrogens is 272 g/mol. The SMILES string of the molecule is CC1(C)CCCC2(C)C1CCC13CC(CCC12)C(C(=O)O)C3. The molecule has 0 aromatic rings. The van der Waals surface area contributed by atoms with E-state index in [9.17, 15) is 9.90 Å². The maximum absolute atomic E-state index is 11.7. The number of hydrogen-bond donors (Lipinski definition) is 1. The summed E-state index contributed by atoms with van der Waals surface area (Å²) in [6.07, 6.45) is 11.5. The molecule has 0 aromatic heterocycles. The van der Waals surface area contributed by atoms with Crippen molar-refractivity contribution in [1.82, 2.24) is 0 Å². The van der Waals surface area contributed by atoms with Crippen LogP contribution in [0.2, 0.25) is 0 Å². The molecule has 0 saturated heterocycles. The van der Waals surface area contributed by atoms with E-state index in [-0.39, 0.29) is 5.92 Å². The fraction of sp³-hybridized carbons (Fsp3) is 0.950. The van der Waals surface area contributed by atoms with E-state index >= 15 is 0 Å². The number of carboxylic acid groups (broad SMARTS) is 1. The van der Waals surface area contributed by atoms with Crippen LogP contribution in [0.5, 0.6) is 0 Å². The van der Waals surface area contributed by atoms with Crippen LogP contribution in [0, 0.1) is 39.9 Å². The summed E-state index contributed by atoms with van der Waals surface area (Å²) >= 11 is 0. The molecule has 0 amide bonds. The second-order valence-corrected chi connectivity index (χ2v) is 10.0. The zero-order valence-electron chi connectivity index (χ0n) is 14.5. The van der Waals surface area contributed by atoms with Crippen molar-refractivity contribution in [2.75, 3.05) is 0 Å². The molecule has 2 nitrogen and oxygen atoms in total. The highest BCUT2D eigenvalue weighted by Crippen LogP contribution is 2.72. The zero-order valence-corrected chi connectivity index (χ0v) is 14.5. The van der Waals surface area contributed by atoms with Gasteiger partial charge in [0.25, 0.3) is 0 Å². The third-order valence-corrected chi connectivity index (χ3v) is 8.75. The average Bonchev–Trinajstić information content (AvgIpc) is 2.69. The van der Waals surface area contributed by atoms with Crippen molar-refractivity contribution >= 4 is 5.97 Å². The van der Waals surface area contributed by atoms with Crippen LogP contribution < -0.4 is 0 Å². The molecule has 1 spiro atoms. The van der Waals surface area contributed by atoms with Gasteiger partial charge in [-0.25, -0.2) is 0 Å². The molecular formula is C20H32O2. The quantitative estimate of drug-likeness (QED) is 0.730. The lowest BCUT2D eigenvalue weighted by Crippen LogP contribution is -2.55. The minimum Gasteiger partial charge on any atom is -0.481 e. The Bertz CT molecular complexity index is 496. The summed E-state index contributed by atoms with van der Waals surface area (Å²) in [7, 11) is 0. The summed E-state index contributed by atoms with van der Waals surface area (Å²) < 4.78 is 0.